The highest BCUT2D eigenvalue weighted by Crippen LogP contribution is 2.23. The fourth-order valence-electron chi connectivity index (χ4n) is 3.53. The van der Waals surface area contributed by atoms with Gasteiger partial charge in [-0.3, -0.25) is 0 Å². The van der Waals surface area contributed by atoms with E-state index in [4.69, 9.17) is 4.74 Å². The molecule has 0 aliphatic heterocycles. The maximum Gasteiger partial charge on any atom is 0.407 e. The molecule has 2 saturated carbocycles. The van der Waals surface area contributed by atoms with Gasteiger partial charge in [-0.25, -0.2) is 4.79 Å². The molecule has 2 N–H and O–H groups in total. The van der Waals surface area contributed by atoms with Crippen LogP contribution in [0, 0.1) is 0 Å². The summed E-state index contributed by atoms with van der Waals surface area (Å²) in [6.45, 7) is 5.72. The molecule has 2 atom stereocenters. The minimum Gasteiger partial charge on any atom is -0.444 e. The highest BCUT2D eigenvalue weighted by atomic mass is 16.6. The van der Waals surface area contributed by atoms with Gasteiger partial charge in [0.25, 0.3) is 0 Å². The van der Waals surface area contributed by atoms with E-state index in [9.17, 15) is 4.79 Å². The van der Waals surface area contributed by atoms with Gasteiger partial charge in [0.2, 0.25) is 0 Å². The quantitative estimate of drug-likeness (QED) is 0.834. The summed E-state index contributed by atoms with van der Waals surface area (Å²) < 4.78 is 5.40. The normalized spacial score (nSPS) is 28.1. The first-order valence-corrected chi connectivity index (χ1v) is 8.69. The third-order valence-corrected chi connectivity index (χ3v) is 4.52. The molecular weight excluding hydrogens is 264 g/mol. The molecule has 0 bridgehead atoms. The van der Waals surface area contributed by atoms with Crippen LogP contribution in [0.25, 0.3) is 0 Å². The number of alkyl carbamates (subject to hydrolysis) is 1. The fraction of sp³-hybridized carbons (Fsp3) is 0.941. The van der Waals surface area contributed by atoms with Crippen LogP contribution >= 0.6 is 0 Å². The Kier molecular flexibility index (Phi) is 5.91. The number of carbonyl (C=O) groups is 1. The van der Waals surface area contributed by atoms with Gasteiger partial charge in [0, 0.05) is 18.1 Å². The first-order chi connectivity index (χ1) is 9.94. The molecule has 1 amide bonds. The number of nitrogens with one attached hydrogen (secondary N) is 2. The van der Waals surface area contributed by atoms with Crippen LogP contribution < -0.4 is 10.6 Å². The van der Waals surface area contributed by atoms with E-state index >= 15 is 0 Å². The van der Waals surface area contributed by atoms with Crippen molar-refractivity contribution in [3.8, 4) is 0 Å². The Bertz CT molecular complexity index is 332. The standard InChI is InChI=1S/C17H32N2O2/c1-17(2,3)21-16(20)19-15-12-8-7-11-14(15)18-13-9-5-4-6-10-13/h13-15,18H,4-12H2,1-3H3,(H,19,20)/t14-,15+/m1/s1. The van der Waals surface area contributed by atoms with E-state index in [1.165, 1.54) is 44.9 Å². The van der Waals surface area contributed by atoms with Gasteiger partial charge in [0.15, 0.2) is 0 Å². The van der Waals surface area contributed by atoms with Crippen molar-refractivity contribution < 1.29 is 9.53 Å². The minimum absolute atomic E-state index is 0.218. The zero-order valence-corrected chi connectivity index (χ0v) is 13.9. The lowest BCUT2D eigenvalue weighted by atomic mass is 9.87. The van der Waals surface area contributed by atoms with Crippen molar-refractivity contribution in [2.75, 3.05) is 0 Å². The highest BCUT2D eigenvalue weighted by Gasteiger charge is 2.30. The van der Waals surface area contributed by atoms with Gasteiger partial charge < -0.3 is 15.4 Å². The Hall–Kier alpha value is -0.770. The molecule has 0 radical (unpaired) electrons. The summed E-state index contributed by atoms with van der Waals surface area (Å²) in [5.74, 6) is 0. The molecule has 4 nitrogen and oxygen atoms in total. The second-order valence-electron chi connectivity index (χ2n) is 7.65. The molecule has 0 aromatic heterocycles. The Labute approximate surface area is 129 Å². The zero-order chi connectivity index (χ0) is 15.3. The van der Waals surface area contributed by atoms with Crippen molar-refractivity contribution in [2.24, 2.45) is 0 Å². The van der Waals surface area contributed by atoms with Gasteiger partial charge in [0.05, 0.1) is 0 Å². The van der Waals surface area contributed by atoms with E-state index in [1.807, 2.05) is 20.8 Å². The lowest BCUT2D eigenvalue weighted by Gasteiger charge is -2.37. The molecule has 0 saturated heterocycles. The monoisotopic (exact) mass is 296 g/mol. The maximum absolute atomic E-state index is 12.0. The Morgan fingerprint density at radius 3 is 2.10 bits per heavy atom. The lowest BCUT2D eigenvalue weighted by Crippen LogP contribution is -2.55. The van der Waals surface area contributed by atoms with Crippen LogP contribution in [0.1, 0.15) is 78.6 Å². The lowest BCUT2D eigenvalue weighted by molar-refractivity contribution is 0.0475. The van der Waals surface area contributed by atoms with Crippen LogP contribution in [-0.4, -0.2) is 29.8 Å². The van der Waals surface area contributed by atoms with Gasteiger partial charge in [-0.1, -0.05) is 32.1 Å². The molecule has 0 spiro atoms. The van der Waals surface area contributed by atoms with Crippen LogP contribution in [0.4, 0.5) is 4.79 Å². The van der Waals surface area contributed by atoms with Gasteiger partial charge in [-0.15, -0.1) is 0 Å². The highest BCUT2D eigenvalue weighted by molar-refractivity contribution is 5.68. The van der Waals surface area contributed by atoms with E-state index in [0.29, 0.717) is 12.1 Å². The van der Waals surface area contributed by atoms with Crippen LogP contribution in [0.2, 0.25) is 0 Å². The summed E-state index contributed by atoms with van der Waals surface area (Å²) in [5.41, 5.74) is -0.426. The summed E-state index contributed by atoms with van der Waals surface area (Å²) in [6.07, 6.45) is 11.0. The van der Waals surface area contributed by atoms with E-state index in [1.54, 1.807) is 0 Å². The molecule has 2 aliphatic rings. The van der Waals surface area contributed by atoms with E-state index in [-0.39, 0.29) is 12.1 Å². The van der Waals surface area contributed by atoms with Crippen LogP contribution in [0.15, 0.2) is 0 Å². The minimum atomic E-state index is -0.426. The molecule has 0 unspecified atom stereocenters. The predicted molar refractivity (Wildman–Crippen MR) is 85.4 cm³/mol. The molecule has 2 rings (SSSR count). The van der Waals surface area contributed by atoms with Gasteiger partial charge in [0.1, 0.15) is 5.60 Å². The second kappa shape index (κ2) is 7.48. The summed E-state index contributed by atoms with van der Waals surface area (Å²) in [6, 6.07) is 1.27. The third-order valence-electron chi connectivity index (χ3n) is 4.52. The summed E-state index contributed by atoms with van der Waals surface area (Å²) in [4.78, 5) is 12.0. The van der Waals surface area contributed by atoms with Gasteiger partial charge >= 0.3 is 6.09 Å². The molecule has 122 valence electrons. The smallest absolute Gasteiger partial charge is 0.407 e. The molecule has 0 aromatic carbocycles. The number of hydrogen-bond donors (Lipinski definition) is 2. The number of rotatable bonds is 3. The first kappa shape index (κ1) is 16.6. The Morgan fingerprint density at radius 2 is 1.48 bits per heavy atom. The average molecular weight is 296 g/mol. The van der Waals surface area contributed by atoms with E-state index in [2.05, 4.69) is 10.6 Å². The predicted octanol–water partition coefficient (Wildman–Crippen LogP) is 3.74. The van der Waals surface area contributed by atoms with Gasteiger partial charge in [-0.05, 0) is 46.5 Å². The molecule has 4 heteroatoms. The molecular formula is C17H32N2O2. The van der Waals surface area contributed by atoms with Crippen molar-refractivity contribution >= 4 is 6.09 Å². The van der Waals surface area contributed by atoms with Crippen LogP contribution in [-0.2, 0) is 4.74 Å². The topological polar surface area (TPSA) is 50.4 Å². The second-order valence-corrected chi connectivity index (χ2v) is 7.65. The van der Waals surface area contributed by atoms with Crippen molar-refractivity contribution in [2.45, 2.75) is 102 Å². The SMILES string of the molecule is CC(C)(C)OC(=O)N[C@H]1CCCC[C@H]1NC1CCCCC1. The summed E-state index contributed by atoms with van der Waals surface area (Å²) in [7, 11) is 0. The summed E-state index contributed by atoms with van der Waals surface area (Å²) >= 11 is 0. The van der Waals surface area contributed by atoms with Crippen LogP contribution in [0.5, 0.6) is 0 Å². The number of carbonyl (C=O) groups excluding carboxylic acids is 1. The van der Waals surface area contributed by atoms with E-state index < -0.39 is 5.60 Å². The average Bonchev–Trinajstić information content (AvgIpc) is 2.40. The molecule has 0 aromatic rings. The van der Waals surface area contributed by atoms with Gasteiger partial charge in [-0.2, -0.15) is 0 Å². The van der Waals surface area contributed by atoms with Crippen LogP contribution in [0.3, 0.4) is 0 Å². The van der Waals surface area contributed by atoms with Crippen molar-refractivity contribution in [3.63, 3.8) is 0 Å². The molecule has 0 heterocycles. The Balaban J connectivity index is 1.84. The third kappa shape index (κ3) is 5.85. The number of amides is 1. The molecule has 2 fully saturated rings. The molecule has 2 aliphatic carbocycles. The number of ether oxygens (including phenoxy) is 1. The Morgan fingerprint density at radius 1 is 0.905 bits per heavy atom. The first-order valence-electron chi connectivity index (χ1n) is 8.69. The zero-order valence-electron chi connectivity index (χ0n) is 13.9. The largest absolute Gasteiger partial charge is 0.444 e. The van der Waals surface area contributed by atoms with Crippen molar-refractivity contribution in [3.05, 3.63) is 0 Å². The van der Waals surface area contributed by atoms with E-state index in [0.717, 1.165) is 12.8 Å². The number of hydrogen-bond acceptors (Lipinski definition) is 3. The van der Waals surface area contributed by atoms with Crippen molar-refractivity contribution in [1.82, 2.24) is 10.6 Å². The van der Waals surface area contributed by atoms with Crippen molar-refractivity contribution in [1.29, 1.82) is 0 Å². The summed E-state index contributed by atoms with van der Waals surface area (Å²) in [5, 5.41) is 6.90. The fourth-order valence-corrected chi connectivity index (χ4v) is 3.53. The molecule has 21 heavy (non-hydrogen) atoms. The maximum atomic E-state index is 12.0.